The molecule has 1 aromatic rings. The van der Waals surface area contributed by atoms with Crippen LogP contribution in [0.3, 0.4) is 0 Å². The van der Waals surface area contributed by atoms with Crippen LogP contribution in [0.2, 0.25) is 0 Å². The van der Waals surface area contributed by atoms with Gasteiger partial charge in [-0.05, 0) is 6.07 Å². The van der Waals surface area contributed by atoms with Gasteiger partial charge in [-0.15, -0.1) is 0 Å². The van der Waals surface area contributed by atoms with Gasteiger partial charge in [0.15, 0.2) is 0 Å². The Bertz CT molecular complexity index is 466. The molecule has 1 atom stereocenters. The Kier molecular flexibility index (Phi) is 4.97. The van der Waals surface area contributed by atoms with E-state index in [-0.39, 0.29) is 30.3 Å². The molecule has 1 unspecified atom stereocenters. The second-order valence-corrected chi connectivity index (χ2v) is 4.43. The Balaban J connectivity index is 1.93. The number of hydrogen-bond donors (Lipinski definition) is 3. The van der Waals surface area contributed by atoms with E-state index in [0.717, 1.165) is 6.54 Å². The lowest BCUT2D eigenvalue weighted by Gasteiger charge is -2.34. The molecule has 1 saturated heterocycles. The lowest BCUT2D eigenvalue weighted by Crippen LogP contribution is -2.58. The number of carbonyl (C=O) groups is 2. The number of aromatic nitrogens is 2. The third kappa shape index (κ3) is 3.72. The minimum absolute atomic E-state index is 0.0963. The van der Waals surface area contributed by atoms with E-state index >= 15 is 0 Å². The van der Waals surface area contributed by atoms with Crippen LogP contribution in [-0.4, -0.2) is 66.0 Å². The summed E-state index contributed by atoms with van der Waals surface area (Å²) in [6, 6.07) is 1.34. The molecule has 2 rings (SSSR count). The molecule has 8 heteroatoms. The molecule has 8 nitrogen and oxygen atoms in total. The van der Waals surface area contributed by atoms with E-state index in [2.05, 4.69) is 25.9 Å². The molecule has 2 amide bonds. The van der Waals surface area contributed by atoms with E-state index in [9.17, 15) is 9.59 Å². The van der Waals surface area contributed by atoms with E-state index in [1.165, 1.54) is 0 Å². The first-order valence-electron chi connectivity index (χ1n) is 6.44. The molecule has 0 spiro atoms. The number of likely N-dealkylation sites (N-methyl/N-ethyl adjacent to an activating group) is 1. The van der Waals surface area contributed by atoms with Crippen molar-refractivity contribution >= 4 is 17.8 Å². The maximum absolute atomic E-state index is 12.0. The molecule has 108 valence electrons. The number of piperazine rings is 1. The van der Waals surface area contributed by atoms with Crippen LogP contribution in [0.25, 0.3) is 0 Å². The van der Waals surface area contributed by atoms with E-state index in [4.69, 9.17) is 0 Å². The number of nitrogens with one attached hydrogen (secondary N) is 3. The molecule has 20 heavy (non-hydrogen) atoms. The number of rotatable bonds is 4. The van der Waals surface area contributed by atoms with Crippen LogP contribution in [0.4, 0.5) is 5.95 Å². The molecule has 1 aromatic heterocycles. The van der Waals surface area contributed by atoms with Gasteiger partial charge in [0.25, 0.3) is 0 Å². The van der Waals surface area contributed by atoms with Gasteiger partial charge in [-0.1, -0.05) is 0 Å². The minimum Gasteiger partial charge on any atom is -0.358 e. The van der Waals surface area contributed by atoms with Gasteiger partial charge < -0.3 is 10.6 Å². The average Bonchev–Trinajstić information content (AvgIpc) is 2.48. The third-order valence-corrected chi connectivity index (χ3v) is 3.07. The van der Waals surface area contributed by atoms with Crippen molar-refractivity contribution in [2.24, 2.45) is 0 Å². The molecule has 0 radical (unpaired) electrons. The Morgan fingerprint density at radius 3 is 2.90 bits per heavy atom. The van der Waals surface area contributed by atoms with Crippen LogP contribution >= 0.6 is 0 Å². The van der Waals surface area contributed by atoms with Gasteiger partial charge in [0.2, 0.25) is 17.8 Å². The van der Waals surface area contributed by atoms with E-state index in [1.54, 1.807) is 25.5 Å². The third-order valence-electron chi connectivity index (χ3n) is 3.07. The first-order valence-corrected chi connectivity index (χ1v) is 6.44. The largest absolute Gasteiger partial charge is 0.358 e. The number of anilines is 1. The highest BCUT2D eigenvalue weighted by molar-refractivity contribution is 5.91. The van der Waals surface area contributed by atoms with Gasteiger partial charge in [-0.3, -0.25) is 19.8 Å². The van der Waals surface area contributed by atoms with Gasteiger partial charge in [0, 0.05) is 39.1 Å². The molecule has 1 aliphatic heterocycles. The Hall–Kier alpha value is -2.06. The van der Waals surface area contributed by atoms with Gasteiger partial charge >= 0.3 is 0 Å². The number of carbonyl (C=O) groups excluding carboxylic acids is 2. The summed E-state index contributed by atoms with van der Waals surface area (Å²) in [5.41, 5.74) is 0. The van der Waals surface area contributed by atoms with Crippen molar-refractivity contribution in [3.63, 3.8) is 0 Å². The summed E-state index contributed by atoms with van der Waals surface area (Å²) in [4.78, 5) is 33.4. The SMILES string of the molecule is CNC(=O)C1CNCCN1CC(=O)Nc1ncccn1. The Labute approximate surface area is 117 Å². The molecule has 2 heterocycles. The van der Waals surface area contributed by atoms with Gasteiger partial charge in [-0.25, -0.2) is 9.97 Å². The highest BCUT2D eigenvalue weighted by atomic mass is 16.2. The van der Waals surface area contributed by atoms with Gasteiger partial charge in [0.05, 0.1) is 6.54 Å². The van der Waals surface area contributed by atoms with Crippen LogP contribution in [-0.2, 0) is 9.59 Å². The Morgan fingerprint density at radius 2 is 2.20 bits per heavy atom. The fourth-order valence-electron chi connectivity index (χ4n) is 2.07. The van der Waals surface area contributed by atoms with Crippen LogP contribution in [0.5, 0.6) is 0 Å². The Morgan fingerprint density at radius 1 is 1.45 bits per heavy atom. The summed E-state index contributed by atoms with van der Waals surface area (Å²) in [6.45, 7) is 2.07. The number of amides is 2. The van der Waals surface area contributed by atoms with Crippen molar-refractivity contribution in [3.8, 4) is 0 Å². The minimum atomic E-state index is -0.337. The summed E-state index contributed by atoms with van der Waals surface area (Å²) in [5, 5.41) is 8.37. The predicted molar refractivity (Wildman–Crippen MR) is 73.0 cm³/mol. The van der Waals surface area contributed by atoms with Crippen LogP contribution < -0.4 is 16.0 Å². The standard InChI is InChI=1S/C12H18N6O2/c1-13-11(20)9-7-14-5-6-18(9)8-10(19)17-12-15-3-2-4-16-12/h2-4,9,14H,5-8H2,1H3,(H,13,20)(H,15,16,17,19). The van der Waals surface area contributed by atoms with E-state index < -0.39 is 0 Å². The van der Waals surface area contributed by atoms with E-state index in [1.807, 2.05) is 4.90 Å². The van der Waals surface area contributed by atoms with E-state index in [0.29, 0.717) is 13.1 Å². The van der Waals surface area contributed by atoms with Gasteiger partial charge in [0.1, 0.15) is 6.04 Å². The first-order chi connectivity index (χ1) is 9.70. The fraction of sp³-hybridized carbons (Fsp3) is 0.500. The predicted octanol–water partition coefficient (Wildman–Crippen LogP) is -1.57. The normalized spacial score (nSPS) is 19.4. The highest BCUT2D eigenvalue weighted by Crippen LogP contribution is 2.04. The quantitative estimate of drug-likeness (QED) is 0.616. The summed E-state index contributed by atoms with van der Waals surface area (Å²) < 4.78 is 0. The molecule has 0 bridgehead atoms. The zero-order valence-corrected chi connectivity index (χ0v) is 11.3. The molecular formula is C12H18N6O2. The van der Waals surface area contributed by atoms with Crippen LogP contribution in [0.15, 0.2) is 18.5 Å². The number of nitrogens with zero attached hydrogens (tertiary/aromatic N) is 3. The first kappa shape index (κ1) is 14.4. The van der Waals surface area contributed by atoms with Crippen LogP contribution in [0, 0.1) is 0 Å². The van der Waals surface area contributed by atoms with Crippen molar-refractivity contribution in [1.82, 2.24) is 25.5 Å². The molecular weight excluding hydrogens is 260 g/mol. The van der Waals surface area contributed by atoms with Crippen molar-refractivity contribution in [2.75, 3.05) is 38.5 Å². The smallest absolute Gasteiger partial charge is 0.240 e. The zero-order valence-electron chi connectivity index (χ0n) is 11.3. The fourth-order valence-corrected chi connectivity index (χ4v) is 2.07. The highest BCUT2D eigenvalue weighted by Gasteiger charge is 2.29. The van der Waals surface area contributed by atoms with Crippen LogP contribution in [0.1, 0.15) is 0 Å². The molecule has 1 fully saturated rings. The second kappa shape index (κ2) is 6.92. The molecule has 0 aromatic carbocycles. The lowest BCUT2D eigenvalue weighted by molar-refractivity contribution is -0.128. The van der Waals surface area contributed by atoms with Crippen molar-refractivity contribution < 1.29 is 9.59 Å². The molecule has 1 aliphatic rings. The number of hydrogen-bond acceptors (Lipinski definition) is 6. The lowest BCUT2D eigenvalue weighted by atomic mass is 10.1. The molecule has 3 N–H and O–H groups in total. The maximum atomic E-state index is 12.0. The van der Waals surface area contributed by atoms with Crippen molar-refractivity contribution in [1.29, 1.82) is 0 Å². The summed E-state index contributed by atoms with van der Waals surface area (Å²) >= 11 is 0. The van der Waals surface area contributed by atoms with Crippen molar-refractivity contribution in [3.05, 3.63) is 18.5 Å². The summed E-state index contributed by atoms with van der Waals surface area (Å²) in [5.74, 6) is -0.0582. The summed E-state index contributed by atoms with van der Waals surface area (Å²) in [7, 11) is 1.59. The average molecular weight is 278 g/mol. The van der Waals surface area contributed by atoms with Gasteiger partial charge in [-0.2, -0.15) is 0 Å². The summed E-state index contributed by atoms with van der Waals surface area (Å²) in [6.07, 6.45) is 3.11. The zero-order chi connectivity index (χ0) is 14.4. The second-order valence-electron chi connectivity index (χ2n) is 4.43. The molecule has 0 saturated carbocycles. The topological polar surface area (TPSA) is 99.2 Å². The monoisotopic (exact) mass is 278 g/mol. The van der Waals surface area contributed by atoms with Crippen molar-refractivity contribution in [2.45, 2.75) is 6.04 Å². The molecule has 0 aliphatic carbocycles. The maximum Gasteiger partial charge on any atom is 0.240 e.